The number of nitrogens with zero attached hydrogens (tertiary/aromatic N) is 3. The van der Waals surface area contributed by atoms with Gasteiger partial charge < -0.3 is 4.98 Å². The van der Waals surface area contributed by atoms with Crippen LogP contribution in [-0.4, -0.2) is 16.0 Å². The average Bonchev–Trinajstić information content (AvgIpc) is 2.55. The summed E-state index contributed by atoms with van der Waals surface area (Å²) in [7, 11) is 0. The van der Waals surface area contributed by atoms with Crippen LogP contribution in [0.15, 0.2) is 33.2 Å². The lowest BCUT2D eigenvalue weighted by Gasteiger charge is -1.92. The molecule has 3 rings (SSSR count). The lowest BCUT2D eigenvalue weighted by atomic mass is 10.2. The first-order valence-corrected chi connectivity index (χ1v) is 4.23. The van der Waals surface area contributed by atoms with Crippen LogP contribution in [0, 0.1) is 0 Å². The number of amides is 2. The number of aromatic nitrogens is 2. The molecule has 2 aromatic rings. The van der Waals surface area contributed by atoms with Crippen LogP contribution in [0.25, 0.3) is 10.9 Å². The molecule has 2 amide bonds. The van der Waals surface area contributed by atoms with Crippen molar-refractivity contribution in [3.05, 3.63) is 39.5 Å². The standard InChI is InChI=1S/C9H4N4O2/c14-8-4-1-6-7(13-9(15)12-6)2-5(4)10-3-11-8/h1-3H,(H,10,11,14). The molecule has 1 aliphatic heterocycles. The molecule has 1 aromatic heterocycles. The second-order valence-corrected chi connectivity index (χ2v) is 3.10. The van der Waals surface area contributed by atoms with E-state index in [4.69, 9.17) is 0 Å². The highest BCUT2D eigenvalue weighted by atomic mass is 16.2. The molecule has 0 bridgehead atoms. The van der Waals surface area contributed by atoms with Crippen molar-refractivity contribution in [3.63, 3.8) is 0 Å². The third-order valence-corrected chi connectivity index (χ3v) is 2.17. The molecule has 0 saturated carbocycles. The Morgan fingerprint density at radius 2 is 1.80 bits per heavy atom. The van der Waals surface area contributed by atoms with Crippen molar-refractivity contribution in [1.82, 2.24) is 9.97 Å². The van der Waals surface area contributed by atoms with Gasteiger partial charge in [-0.05, 0) is 12.1 Å². The molecule has 72 valence electrons. The average molecular weight is 200 g/mol. The van der Waals surface area contributed by atoms with Crippen molar-refractivity contribution in [3.8, 4) is 0 Å². The summed E-state index contributed by atoms with van der Waals surface area (Å²) in [5, 5.41) is 1.29. The highest BCUT2D eigenvalue weighted by molar-refractivity contribution is 5.81. The maximum Gasteiger partial charge on any atom is 0.368 e. The molecule has 0 aliphatic carbocycles. The molecule has 0 atom stereocenters. The summed E-state index contributed by atoms with van der Waals surface area (Å²) in [4.78, 5) is 36.1. The normalized spacial score (nSPS) is 13.5. The summed E-state index contributed by atoms with van der Waals surface area (Å²) in [5.74, 6) is 0. The van der Waals surface area contributed by atoms with Crippen LogP contribution < -0.4 is 16.3 Å². The Morgan fingerprint density at radius 1 is 1.07 bits per heavy atom. The predicted octanol–water partition coefficient (Wildman–Crippen LogP) is -0.704. The number of hydrogen-bond donors (Lipinski definition) is 1. The SMILES string of the molecule is O=C1N=c2cc3nc[nH]c(=O)c3cc2=N1. The van der Waals surface area contributed by atoms with Crippen molar-refractivity contribution >= 4 is 16.9 Å². The minimum absolute atomic E-state index is 0.252. The van der Waals surface area contributed by atoms with Gasteiger partial charge in [-0.3, -0.25) is 4.79 Å². The number of urea groups is 1. The Kier molecular flexibility index (Phi) is 1.37. The maximum atomic E-state index is 11.4. The molecule has 1 N–H and O–H groups in total. The summed E-state index contributed by atoms with van der Waals surface area (Å²) in [6, 6.07) is 2.55. The minimum Gasteiger partial charge on any atom is -0.313 e. The molecule has 0 fully saturated rings. The molecule has 0 unspecified atom stereocenters. The lowest BCUT2D eigenvalue weighted by Crippen LogP contribution is -2.23. The highest BCUT2D eigenvalue weighted by Crippen LogP contribution is 1.99. The molecular formula is C9H4N4O2. The zero-order chi connectivity index (χ0) is 10.4. The predicted molar refractivity (Wildman–Crippen MR) is 50.1 cm³/mol. The first-order valence-electron chi connectivity index (χ1n) is 4.23. The van der Waals surface area contributed by atoms with Crippen molar-refractivity contribution in [2.75, 3.05) is 0 Å². The van der Waals surface area contributed by atoms with E-state index in [0.717, 1.165) is 0 Å². The van der Waals surface area contributed by atoms with Gasteiger partial charge in [0.15, 0.2) is 0 Å². The maximum absolute atomic E-state index is 11.4. The van der Waals surface area contributed by atoms with E-state index in [2.05, 4.69) is 20.0 Å². The Morgan fingerprint density at radius 3 is 2.60 bits per heavy atom. The van der Waals surface area contributed by atoms with E-state index < -0.39 is 6.03 Å². The number of rotatable bonds is 0. The summed E-state index contributed by atoms with van der Waals surface area (Å²) in [5.41, 5.74) is 0.253. The fourth-order valence-corrected chi connectivity index (χ4v) is 1.50. The number of carbonyl (C=O) groups excluding carboxylic acids is 1. The first kappa shape index (κ1) is 7.98. The molecule has 0 saturated heterocycles. The van der Waals surface area contributed by atoms with Gasteiger partial charge in [0.05, 0.1) is 27.9 Å². The summed E-state index contributed by atoms with van der Waals surface area (Å²) in [6.45, 7) is 0. The van der Waals surface area contributed by atoms with Crippen LogP contribution in [0.1, 0.15) is 0 Å². The summed E-state index contributed by atoms with van der Waals surface area (Å²) >= 11 is 0. The Bertz CT molecular complexity index is 760. The third-order valence-electron chi connectivity index (χ3n) is 2.17. The van der Waals surface area contributed by atoms with E-state index >= 15 is 0 Å². The molecule has 1 aliphatic rings. The Labute approximate surface area is 82.0 Å². The number of aromatic amines is 1. The zero-order valence-corrected chi connectivity index (χ0v) is 7.39. The van der Waals surface area contributed by atoms with Gasteiger partial charge in [-0.2, -0.15) is 9.98 Å². The van der Waals surface area contributed by atoms with Gasteiger partial charge in [0, 0.05) is 0 Å². The van der Waals surface area contributed by atoms with Gasteiger partial charge in [-0.25, -0.2) is 9.78 Å². The van der Waals surface area contributed by atoms with Crippen LogP contribution in [-0.2, 0) is 0 Å². The molecule has 6 heteroatoms. The van der Waals surface area contributed by atoms with Gasteiger partial charge >= 0.3 is 6.03 Å². The van der Waals surface area contributed by atoms with Crippen LogP contribution >= 0.6 is 0 Å². The van der Waals surface area contributed by atoms with Gasteiger partial charge in [-0.1, -0.05) is 0 Å². The number of nitrogens with one attached hydrogen (secondary N) is 1. The highest BCUT2D eigenvalue weighted by Gasteiger charge is 2.07. The van der Waals surface area contributed by atoms with Crippen LogP contribution in [0.4, 0.5) is 4.79 Å². The van der Waals surface area contributed by atoms with E-state index in [9.17, 15) is 9.59 Å². The quantitative estimate of drug-likeness (QED) is 0.609. The molecule has 2 heterocycles. The first-order chi connectivity index (χ1) is 7.24. The van der Waals surface area contributed by atoms with Crippen molar-refractivity contribution in [2.45, 2.75) is 0 Å². The van der Waals surface area contributed by atoms with Gasteiger partial charge in [-0.15, -0.1) is 0 Å². The molecular weight excluding hydrogens is 196 g/mol. The summed E-state index contributed by atoms with van der Waals surface area (Å²) < 4.78 is 0. The van der Waals surface area contributed by atoms with E-state index in [1.165, 1.54) is 12.4 Å². The van der Waals surface area contributed by atoms with E-state index in [-0.39, 0.29) is 5.56 Å². The smallest absolute Gasteiger partial charge is 0.313 e. The Hall–Kier alpha value is -2.37. The van der Waals surface area contributed by atoms with Crippen molar-refractivity contribution < 1.29 is 4.79 Å². The van der Waals surface area contributed by atoms with E-state index in [1.54, 1.807) is 6.07 Å². The van der Waals surface area contributed by atoms with Crippen molar-refractivity contribution in [1.29, 1.82) is 0 Å². The number of hydrogen-bond acceptors (Lipinski definition) is 3. The third kappa shape index (κ3) is 1.08. The van der Waals surface area contributed by atoms with Gasteiger partial charge in [0.2, 0.25) is 0 Å². The second kappa shape index (κ2) is 2.57. The van der Waals surface area contributed by atoms with Crippen LogP contribution in [0.2, 0.25) is 0 Å². The number of fused-ring (bicyclic) bond motifs is 2. The van der Waals surface area contributed by atoms with Crippen LogP contribution in [0.5, 0.6) is 0 Å². The molecule has 1 aromatic carbocycles. The minimum atomic E-state index is -0.545. The fourth-order valence-electron chi connectivity index (χ4n) is 1.50. The van der Waals surface area contributed by atoms with Gasteiger partial charge in [0.25, 0.3) is 5.56 Å². The monoisotopic (exact) mass is 200 g/mol. The number of H-pyrrole nitrogens is 1. The van der Waals surface area contributed by atoms with Crippen LogP contribution in [0.3, 0.4) is 0 Å². The molecule has 15 heavy (non-hydrogen) atoms. The molecule has 0 radical (unpaired) electrons. The van der Waals surface area contributed by atoms with E-state index in [0.29, 0.717) is 21.6 Å². The lowest BCUT2D eigenvalue weighted by molar-refractivity contribution is 0.256. The second-order valence-electron chi connectivity index (χ2n) is 3.10. The molecule has 6 nitrogen and oxygen atoms in total. The Balaban J connectivity index is 2.62. The summed E-state index contributed by atoms with van der Waals surface area (Å²) in [6.07, 6.45) is 1.31. The topological polar surface area (TPSA) is 87.5 Å². The number of benzene rings is 1. The van der Waals surface area contributed by atoms with E-state index in [1.807, 2.05) is 0 Å². The largest absolute Gasteiger partial charge is 0.368 e. The zero-order valence-electron chi connectivity index (χ0n) is 7.39. The van der Waals surface area contributed by atoms with Gasteiger partial charge in [0.1, 0.15) is 0 Å². The molecule has 0 spiro atoms. The fraction of sp³-hybridized carbons (Fsp3) is 0. The van der Waals surface area contributed by atoms with Crippen molar-refractivity contribution in [2.24, 2.45) is 9.98 Å². The number of carbonyl (C=O) groups is 1.